The molecule has 8 nitrogen and oxygen atoms in total. The van der Waals surface area contributed by atoms with Crippen molar-refractivity contribution >= 4 is 17.6 Å². The third-order valence-electron chi connectivity index (χ3n) is 6.42. The Kier molecular flexibility index (Phi) is 7.75. The van der Waals surface area contributed by atoms with Crippen LogP contribution < -0.4 is 10.1 Å². The zero-order chi connectivity index (χ0) is 25.8. The highest BCUT2D eigenvalue weighted by Crippen LogP contribution is 2.29. The molecular weight excluding hydrogens is 463 g/mol. The third-order valence-corrected chi connectivity index (χ3v) is 6.42. The standard InChI is InChI=1S/C27H31FN4O4/c1-17-14-32(18(2)16-33)26(34)23-12-20(7-6-19-4-5-19)13-29-25(23)36-24(17)15-31(3)27(35)30-22-10-8-21(28)9-11-22/h8-13,17-19,24,33H,4-5,14-16H2,1-3H3,(H,30,35)/t17-,18-,24-/m0/s1. The molecule has 0 saturated heterocycles. The van der Waals surface area contributed by atoms with E-state index in [9.17, 15) is 19.1 Å². The molecule has 36 heavy (non-hydrogen) atoms. The summed E-state index contributed by atoms with van der Waals surface area (Å²) in [4.78, 5) is 33.7. The van der Waals surface area contributed by atoms with Gasteiger partial charge in [-0.1, -0.05) is 18.8 Å². The number of aliphatic hydroxyl groups is 1. The summed E-state index contributed by atoms with van der Waals surface area (Å²) in [5.74, 6) is 6.02. The number of ether oxygens (including phenoxy) is 1. The second-order valence-electron chi connectivity index (χ2n) is 9.56. The highest BCUT2D eigenvalue weighted by atomic mass is 19.1. The number of benzene rings is 1. The normalized spacial score (nSPS) is 20.1. The van der Waals surface area contributed by atoms with Gasteiger partial charge in [0.15, 0.2) is 0 Å². The van der Waals surface area contributed by atoms with Crippen molar-refractivity contribution in [3.8, 4) is 17.7 Å². The fraction of sp³-hybridized carbons (Fsp3) is 0.444. The van der Waals surface area contributed by atoms with Gasteiger partial charge in [0.2, 0.25) is 5.88 Å². The van der Waals surface area contributed by atoms with Gasteiger partial charge in [-0.15, -0.1) is 0 Å². The van der Waals surface area contributed by atoms with Crippen LogP contribution in [0.3, 0.4) is 0 Å². The minimum atomic E-state index is -0.481. The van der Waals surface area contributed by atoms with Crippen LogP contribution in [0.2, 0.25) is 0 Å². The van der Waals surface area contributed by atoms with Crippen LogP contribution in [0, 0.1) is 29.5 Å². The first-order valence-corrected chi connectivity index (χ1v) is 12.1. The van der Waals surface area contributed by atoms with Crippen LogP contribution in [0.5, 0.6) is 5.88 Å². The molecule has 0 radical (unpaired) electrons. The van der Waals surface area contributed by atoms with Gasteiger partial charge in [0, 0.05) is 42.9 Å². The number of aliphatic hydroxyl groups excluding tert-OH is 1. The molecule has 1 aromatic carbocycles. The van der Waals surface area contributed by atoms with Crippen LogP contribution in [-0.2, 0) is 0 Å². The number of nitrogens with zero attached hydrogens (tertiary/aromatic N) is 3. The zero-order valence-corrected chi connectivity index (χ0v) is 20.7. The number of amides is 3. The molecule has 0 spiro atoms. The molecule has 4 rings (SSSR count). The predicted octanol–water partition coefficient (Wildman–Crippen LogP) is 3.37. The van der Waals surface area contributed by atoms with E-state index in [0.717, 1.165) is 12.8 Å². The second kappa shape index (κ2) is 11.0. The predicted molar refractivity (Wildman–Crippen MR) is 133 cm³/mol. The molecule has 2 heterocycles. The molecule has 1 aliphatic carbocycles. The molecule has 0 unspecified atom stereocenters. The van der Waals surface area contributed by atoms with Gasteiger partial charge in [-0.25, -0.2) is 14.2 Å². The maximum atomic E-state index is 13.4. The Morgan fingerprint density at radius 1 is 1.36 bits per heavy atom. The lowest BCUT2D eigenvalue weighted by molar-refractivity contribution is 0.0356. The molecule has 1 fully saturated rings. The number of carbonyl (C=O) groups is 2. The zero-order valence-electron chi connectivity index (χ0n) is 20.7. The van der Waals surface area contributed by atoms with Crippen molar-refractivity contribution in [2.24, 2.45) is 11.8 Å². The Morgan fingerprint density at radius 2 is 2.08 bits per heavy atom. The Hall–Kier alpha value is -3.64. The highest BCUT2D eigenvalue weighted by molar-refractivity contribution is 5.97. The molecule has 1 aromatic heterocycles. The van der Waals surface area contributed by atoms with E-state index in [4.69, 9.17) is 4.74 Å². The minimum Gasteiger partial charge on any atom is -0.472 e. The second-order valence-corrected chi connectivity index (χ2v) is 9.56. The van der Waals surface area contributed by atoms with Gasteiger partial charge in [0.05, 0.1) is 19.2 Å². The average molecular weight is 495 g/mol. The van der Waals surface area contributed by atoms with Crippen LogP contribution in [-0.4, -0.2) is 70.7 Å². The average Bonchev–Trinajstić information content (AvgIpc) is 3.70. The van der Waals surface area contributed by atoms with E-state index in [1.54, 1.807) is 31.1 Å². The van der Waals surface area contributed by atoms with E-state index in [1.165, 1.54) is 29.2 Å². The van der Waals surface area contributed by atoms with Crippen molar-refractivity contribution in [2.45, 2.75) is 38.8 Å². The number of likely N-dealkylation sites (N-methyl/N-ethyl adjacent to an activating group) is 1. The summed E-state index contributed by atoms with van der Waals surface area (Å²) in [5.41, 5.74) is 1.39. The van der Waals surface area contributed by atoms with Crippen molar-refractivity contribution in [1.82, 2.24) is 14.8 Å². The fourth-order valence-electron chi connectivity index (χ4n) is 3.91. The molecule has 2 N–H and O–H groups in total. The van der Waals surface area contributed by atoms with E-state index in [0.29, 0.717) is 23.7 Å². The molecule has 3 atom stereocenters. The van der Waals surface area contributed by atoms with Crippen LogP contribution in [0.4, 0.5) is 14.9 Å². The summed E-state index contributed by atoms with van der Waals surface area (Å²) >= 11 is 0. The third kappa shape index (κ3) is 6.13. The number of carbonyl (C=O) groups excluding carboxylic acids is 2. The van der Waals surface area contributed by atoms with Crippen LogP contribution in [0.25, 0.3) is 0 Å². The molecule has 1 saturated carbocycles. The van der Waals surface area contributed by atoms with Crippen LogP contribution in [0.15, 0.2) is 36.5 Å². The first-order valence-electron chi connectivity index (χ1n) is 12.1. The topological polar surface area (TPSA) is 95.0 Å². The molecule has 0 bridgehead atoms. The molecular formula is C27H31FN4O4. The number of anilines is 1. The van der Waals surface area contributed by atoms with Crippen molar-refractivity contribution in [1.29, 1.82) is 0 Å². The summed E-state index contributed by atoms with van der Waals surface area (Å²) in [6.45, 7) is 4.08. The molecule has 3 amide bonds. The van der Waals surface area contributed by atoms with Gasteiger partial charge in [0.25, 0.3) is 5.91 Å². The monoisotopic (exact) mass is 494 g/mol. The van der Waals surface area contributed by atoms with E-state index in [-0.39, 0.29) is 48.3 Å². The molecule has 190 valence electrons. The summed E-state index contributed by atoms with van der Waals surface area (Å²) in [6, 6.07) is 6.42. The smallest absolute Gasteiger partial charge is 0.321 e. The first kappa shape index (κ1) is 25.5. The molecule has 2 aromatic rings. The molecule has 1 aliphatic heterocycles. The van der Waals surface area contributed by atoms with Crippen LogP contribution in [0.1, 0.15) is 42.6 Å². The maximum absolute atomic E-state index is 13.4. The molecule has 2 aliphatic rings. The first-order chi connectivity index (χ1) is 17.2. The Morgan fingerprint density at radius 3 is 2.75 bits per heavy atom. The number of halogens is 1. The largest absolute Gasteiger partial charge is 0.472 e. The summed E-state index contributed by atoms with van der Waals surface area (Å²) < 4.78 is 19.4. The Balaban J connectivity index is 1.57. The summed E-state index contributed by atoms with van der Waals surface area (Å²) in [7, 11) is 1.64. The van der Waals surface area contributed by atoms with Crippen molar-refractivity contribution in [3.05, 3.63) is 53.5 Å². The van der Waals surface area contributed by atoms with Gasteiger partial charge in [-0.2, -0.15) is 0 Å². The number of pyridine rings is 1. The van der Waals surface area contributed by atoms with Crippen molar-refractivity contribution < 1.29 is 23.8 Å². The Labute approximate surface area is 210 Å². The van der Waals surface area contributed by atoms with Gasteiger partial charge < -0.3 is 25.0 Å². The van der Waals surface area contributed by atoms with Gasteiger partial charge >= 0.3 is 6.03 Å². The van der Waals surface area contributed by atoms with E-state index in [2.05, 4.69) is 22.1 Å². The van der Waals surface area contributed by atoms with Gasteiger partial charge in [-0.05, 0) is 50.1 Å². The van der Waals surface area contributed by atoms with Gasteiger partial charge in [-0.3, -0.25) is 4.79 Å². The molecule has 9 heteroatoms. The number of fused-ring (bicyclic) bond motifs is 1. The number of hydrogen-bond donors (Lipinski definition) is 2. The van der Waals surface area contributed by atoms with E-state index >= 15 is 0 Å². The number of rotatable bonds is 5. The highest BCUT2D eigenvalue weighted by Gasteiger charge is 2.34. The van der Waals surface area contributed by atoms with E-state index in [1.807, 2.05) is 6.92 Å². The van der Waals surface area contributed by atoms with E-state index < -0.39 is 12.1 Å². The number of nitrogens with one attached hydrogen (secondary N) is 1. The maximum Gasteiger partial charge on any atom is 0.321 e. The number of aromatic nitrogens is 1. The SMILES string of the molecule is C[C@H]1CN([C@@H](C)CO)C(=O)c2cc(C#CC3CC3)cnc2O[C@H]1CN(C)C(=O)Nc1ccc(F)cc1. The van der Waals surface area contributed by atoms with Crippen molar-refractivity contribution in [3.63, 3.8) is 0 Å². The number of urea groups is 1. The van der Waals surface area contributed by atoms with Crippen molar-refractivity contribution in [2.75, 3.05) is 32.1 Å². The lowest BCUT2D eigenvalue weighted by atomic mass is 10.00. The summed E-state index contributed by atoms with van der Waals surface area (Å²) in [5, 5.41) is 12.5. The van der Waals surface area contributed by atoms with Crippen LogP contribution >= 0.6 is 0 Å². The Bertz CT molecular complexity index is 1170. The lowest BCUT2D eigenvalue weighted by Gasteiger charge is -2.37. The number of hydrogen-bond acceptors (Lipinski definition) is 5. The lowest BCUT2D eigenvalue weighted by Crippen LogP contribution is -2.50. The minimum absolute atomic E-state index is 0.173. The quantitative estimate of drug-likeness (QED) is 0.622. The summed E-state index contributed by atoms with van der Waals surface area (Å²) in [6.07, 6.45) is 3.30. The van der Waals surface area contributed by atoms with Gasteiger partial charge in [0.1, 0.15) is 17.5 Å². The fourth-order valence-corrected chi connectivity index (χ4v) is 3.91.